The van der Waals surface area contributed by atoms with Gasteiger partial charge in [0.2, 0.25) is 0 Å². The van der Waals surface area contributed by atoms with E-state index in [1.165, 1.54) is 6.42 Å². The minimum atomic E-state index is 0.411. The third-order valence-electron chi connectivity index (χ3n) is 3.57. The number of hydrogen-bond acceptors (Lipinski definition) is 4. The summed E-state index contributed by atoms with van der Waals surface area (Å²) in [4.78, 5) is 11.4. The first kappa shape index (κ1) is 12.3. The molecule has 2 N–H and O–H groups in total. The van der Waals surface area contributed by atoms with Gasteiger partial charge in [0.15, 0.2) is 5.82 Å². The second kappa shape index (κ2) is 5.00. The van der Waals surface area contributed by atoms with E-state index in [1.54, 1.807) is 0 Å². The van der Waals surface area contributed by atoms with E-state index in [0.29, 0.717) is 12.6 Å². The predicted molar refractivity (Wildman–Crippen MR) is 70.1 cm³/mol. The summed E-state index contributed by atoms with van der Waals surface area (Å²) in [6, 6.07) is 0.411. The van der Waals surface area contributed by atoms with Crippen molar-refractivity contribution in [1.29, 1.82) is 0 Å². The Morgan fingerprint density at radius 1 is 1.47 bits per heavy atom. The lowest BCUT2D eigenvalue weighted by Gasteiger charge is -2.39. The second-order valence-electron chi connectivity index (χ2n) is 5.13. The number of aryl methyl sites for hydroxylation is 2. The molecular formula is C13H22N4. The van der Waals surface area contributed by atoms with Gasteiger partial charge in [-0.05, 0) is 32.6 Å². The summed E-state index contributed by atoms with van der Waals surface area (Å²) in [5.41, 5.74) is 7.87. The van der Waals surface area contributed by atoms with Crippen LogP contribution in [0.4, 0.5) is 5.82 Å². The van der Waals surface area contributed by atoms with Crippen LogP contribution in [0.2, 0.25) is 0 Å². The first-order valence-corrected chi connectivity index (χ1v) is 6.38. The van der Waals surface area contributed by atoms with Gasteiger partial charge >= 0.3 is 0 Å². The molecule has 1 aromatic rings. The van der Waals surface area contributed by atoms with E-state index < -0.39 is 0 Å². The molecule has 1 fully saturated rings. The average molecular weight is 234 g/mol. The summed E-state index contributed by atoms with van der Waals surface area (Å²) >= 11 is 0. The van der Waals surface area contributed by atoms with Crippen molar-refractivity contribution in [3.8, 4) is 0 Å². The van der Waals surface area contributed by atoms with E-state index >= 15 is 0 Å². The molecule has 17 heavy (non-hydrogen) atoms. The Morgan fingerprint density at radius 3 is 2.94 bits per heavy atom. The Balaban J connectivity index is 2.28. The minimum absolute atomic E-state index is 0.411. The van der Waals surface area contributed by atoms with E-state index in [-0.39, 0.29) is 0 Å². The highest BCUT2D eigenvalue weighted by atomic mass is 15.2. The standard InChI is InChI=1S/C13H22N4/c1-9-4-5-17(12(6-9)7-14)13-11(3)15-8-10(2)16-13/h8-9,12H,4-7,14H2,1-3H3. The molecule has 1 aliphatic rings. The van der Waals surface area contributed by atoms with Crippen LogP contribution in [0.1, 0.15) is 31.2 Å². The highest BCUT2D eigenvalue weighted by Gasteiger charge is 2.27. The smallest absolute Gasteiger partial charge is 0.150 e. The lowest BCUT2D eigenvalue weighted by atomic mass is 9.92. The normalized spacial score (nSPS) is 25.1. The molecule has 0 bridgehead atoms. The zero-order valence-electron chi connectivity index (χ0n) is 11.0. The third-order valence-corrected chi connectivity index (χ3v) is 3.57. The SMILES string of the molecule is Cc1cnc(C)c(N2CCC(C)CC2CN)n1. The summed E-state index contributed by atoms with van der Waals surface area (Å²) in [5.74, 6) is 1.78. The van der Waals surface area contributed by atoms with Crippen LogP contribution in [0.15, 0.2) is 6.20 Å². The zero-order valence-corrected chi connectivity index (χ0v) is 11.0. The number of nitrogens with two attached hydrogens (primary N) is 1. The van der Waals surface area contributed by atoms with Crippen LogP contribution in [0, 0.1) is 19.8 Å². The van der Waals surface area contributed by atoms with Gasteiger partial charge < -0.3 is 10.6 Å². The van der Waals surface area contributed by atoms with Crippen LogP contribution < -0.4 is 10.6 Å². The number of hydrogen-bond donors (Lipinski definition) is 1. The van der Waals surface area contributed by atoms with Gasteiger partial charge in [0.1, 0.15) is 0 Å². The maximum absolute atomic E-state index is 5.89. The quantitative estimate of drug-likeness (QED) is 0.845. The Hall–Kier alpha value is -1.16. The van der Waals surface area contributed by atoms with Crippen molar-refractivity contribution in [2.45, 2.75) is 39.7 Å². The summed E-state index contributed by atoms with van der Waals surface area (Å²) in [6.45, 7) is 8.05. The first-order chi connectivity index (χ1) is 8.11. The first-order valence-electron chi connectivity index (χ1n) is 6.38. The summed E-state index contributed by atoms with van der Waals surface area (Å²) in [5, 5.41) is 0. The zero-order chi connectivity index (χ0) is 12.4. The Bertz CT molecular complexity index is 391. The maximum Gasteiger partial charge on any atom is 0.150 e. The Kier molecular flexibility index (Phi) is 3.62. The van der Waals surface area contributed by atoms with Gasteiger partial charge in [-0.3, -0.25) is 4.98 Å². The van der Waals surface area contributed by atoms with Crippen LogP contribution in [0.25, 0.3) is 0 Å². The third kappa shape index (κ3) is 2.57. The highest BCUT2D eigenvalue weighted by molar-refractivity contribution is 5.45. The monoisotopic (exact) mass is 234 g/mol. The molecule has 2 rings (SSSR count). The van der Waals surface area contributed by atoms with Gasteiger partial charge in [0.05, 0.1) is 11.4 Å². The van der Waals surface area contributed by atoms with Gasteiger partial charge in [0.25, 0.3) is 0 Å². The summed E-state index contributed by atoms with van der Waals surface area (Å²) in [7, 11) is 0. The lowest BCUT2D eigenvalue weighted by molar-refractivity contribution is 0.364. The van der Waals surface area contributed by atoms with Gasteiger partial charge in [-0.2, -0.15) is 0 Å². The Labute approximate surface area is 103 Å². The molecule has 0 radical (unpaired) electrons. The maximum atomic E-state index is 5.89. The molecule has 2 atom stereocenters. The summed E-state index contributed by atoms with van der Waals surface area (Å²) < 4.78 is 0. The number of anilines is 1. The van der Waals surface area contributed by atoms with Crippen molar-refractivity contribution >= 4 is 5.82 Å². The largest absolute Gasteiger partial charge is 0.351 e. The van der Waals surface area contributed by atoms with Crippen molar-refractivity contribution in [1.82, 2.24) is 9.97 Å². The number of aromatic nitrogens is 2. The van der Waals surface area contributed by atoms with Gasteiger partial charge in [0, 0.05) is 25.3 Å². The van der Waals surface area contributed by atoms with E-state index in [2.05, 4.69) is 21.8 Å². The molecule has 0 saturated carbocycles. The average Bonchev–Trinajstić information content (AvgIpc) is 2.32. The van der Waals surface area contributed by atoms with E-state index in [1.807, 2.05) is 20.0 Å². The molecule has 2 heterocycles. The number of piperidine rings is 1. The van der Waals surface area contributed by atoms with Crippen LogP contribution in [0.3, 0.4) is 0 Å². The van der Waals surface area contributed by atoms with Crippen LogP contribution in [-0.2, 0) is 0 Å². The van der Waals surface area contributed by atoms with Crippen molar-refractivity contribution in [2.24, 2.45) is 11.7 Å². The van der Waals surface area contributed by atoms with Crippen LogP contribution >= 0.6 is 0 Å². The predicted octanol–water partition coefficient (Wildman–Crippen LogP) is 1.66. The topological polar surface area (TPSA) is 55.0 Å². The van der Waals surface area contributed by atoms with Crippen LogP contribution in [-0.4, -0.2) is 29.1 Å². The van der Waals surface area contributed by atoms with Gasteiger partial charge in [-0.15, -0.1) is 0 Å². The van der Waals surface area contributed by atoms with Crippen molar-refractivity contribution < 1.29 is 0 Å². The molecule has 2 unspecified atom stereocenters. The molecule has 0 aromatic carbocycles. The fourth-order valence-corrected chi connectivity index (χ4v) is 2.55. The van der Waals surface area contributed by atoms with Crippen molar-refractivity contribution in [2.75, 3.05) is 18.0 Å². The molecule has 0 amide bonds. The highest BCUT2D eigenvalue weighted by Crippen LogP contribution is 2.27. The molecule has 4 heteroatoms. The van der Waals surface area contributed by atoms with Crippen LogP contribution in [0.5, 0.6) is 0 Å². The molecule has 1 aliphatic heterocycles. The second-order valence-corrected chi connectivity index (χ2v) is 5.13. The van der Waals surface area contributed by atoms with E-state index in [4.69, 9.17) is 5.73 Å². The number of nitrogens with zero attached hydrogens (tertiary/aromatic N) is 3. The van der Waals surface area contributed by atoms with E-state index in [0.717, 1.165) is 36.1 Å². The van der Waals surface area contributed by atoms with Gasteiger partial charge in [-0.25, -0.2) is 4.98 Å². The number of rotatable bonds is 2. The fourth-order valence-electron chi connectivity index (χ4n) is 2.55. The molecule has 0 aliphatic carbocycles. The van der Waals surface area contributed by atoms with Crippen molar-refractivity contribution in [3.63, 3.8) is 0 Å². The van der Waals surface area contributed by atoms with E-state index in [9.17, 15) is 0 Å². The molecular weight excluding hydrogens is 212 g/mol. The molecule has 0 spiro atoms. The van der Waals surface area contributed by atoms with Gasteiger partial charge in [-0.1, -0.05) is 6.92 Å². The summed E-state index contributed by atoms with van der Waals surface area (Å²) in [6.07, 6.45) is 4.19. The molecule has 4 nitrogen and oxygen atoms in total. The lowest BCUT2D eigenvalue weighted by Crippen LogP contribution is -2.47. The minimum Gasteiger partial charge on any atom is -0.351 e. The Morgan fingerprint density at radius 2 is 2.24 bits per heavy atom. The fraction of sp³-hybridized carbons (Fsp3) is 0.692. The van der Waals surface area contributed by atoms with Crippen molar-refractivity contribution in [3.05, 3.63) is 17.6 Å². The molecule has 1 saturated heterocycles. The molecule has 1 aromatic heterocycles. The molecule has 94 valence electrons.